The fourth-order valence-electron chi connectivity index (χ4n) is 4.07. The number of rotatable bonds is 5. The van der Waals surface area contributed by atoms with Gasteiger partial charge in [-0.05, 0) is 6.42 Å². The first kappa shape index (κ1) is 16.8. The van der Waals surface area contributed by atoms with Gasteiger partial charge in [0, 0.05) is 31.4 Å². The minimum absolute atomic E-state index is 0.158. The summed E-state index contributed by atoms with van der Waals surface area (Å²) in [5, 5.41) is 6.81. The maximum Gasteiger partial charge on any atom is 0.325 e. The van der Waals surface area contributed by atoms with Crippen LogP contribution in [0.5, 0.6) is 0 Å². The Morgan fingerprint density at radius 3 is 2.69 bits per heavy atom. The first-order chi connectivity index (χ1) is 12.5. The molecule has 0 aromatic heterocycles. The van der Waals surface area contributed by atoms with Gasteiger partial charge in [-0.3, -0.25) is 14.5 Å². The molecule has 2 aliphatic heterocycles. The number of carbonyl (C=O) groups excluding carboxylic acids is 3. The lowest BCUT2D eigenvalue weighted by molar-refractivity contribution is -0.156. The Morgan fingerprint density at radius 1 is 1.27 bits per heavy atom. The van der Waals surface area contributed by atoms with Gasteiger partial charge in [0.1, 0.15) is 16.9 Å². The van der Waals surface area contributed by atoms with E-state index in [1.54, 1.807) is 24.3 Å². The SMILES string of the molecule is CCCCN1C(=O)NC2(CC3(CC(C(=O)c4ccccc4)=NO3)C2)C1=O. The molecule has 0 unspecified atom stereocenters. The van der Waals surface area contributed by atoms with Gasteiger partial charge in [-0.25, -0.2) is 4.79 Å². The first-order valence-electron chi connectivity index (χ1n) is 8.98. The summed E-state index contributed by atoms with van der Waals surface area (Å²) in [5.74, 6) is -0.345. The Balaban J connectivity index is 1.42. The highest BCUT2D eigenvalue weighted by Crippen LogP contribution is 2.51. The summed E-state index contributed by atoms with van der Waals surface area (Å²) >= 11 is 0. The van der Waals surface area contributed by atoms with E-state index in [0.717, 1.165) is 12.8 Å². The van der Waals surface area contributed by atoms with Gasteiger partial charge in [0.05, 0.1) is 0 Å². The van der Waals surface area contributed by atoms with E-state index in [2.05, 4.69) is 10.5 Å². The summed E-state index contributed by atoms with van der Waals surface area (Å²) in [5.41, 5.74) is -0.627. The summed E-state index contributed by atoms with van der Waals surface area (Å²) < 4.78 is 0. The molecule has 1 aliphatic carbocycles. The third-order valence-electron chi connectivity index (χ3n) is 5.37. The number of nitrogens with zero attached hydrogens (tertiary/aromatic N) is 2. The lowest BCUT2D eigenvalue weighted by atomic mass is 9.62. The third-order valence-corrected chi connectivity index (χ3v) is 5.37. The summed E-state index contributed by atoms with van der Waals surface area (Å²) in [7, 11) is 0. The number of nitrogens with one attached hydrogen (secondary N) is 1. The van der Waals surface area contributed by atoms with Gasteiger partial charge < -0.3 is 10.2 Å². The Bertz CT molecular complexity index is 796. The Morgan fingerprint density at radius 2 is 2.00 bits per heavy atom. The van der Waals surface area contributed by atoms with Crippen molar-refractivity contribution in [3.05, 3.63) is 35.9 Å². The number of imide groups is 1. The molecule has 7 nitrogen and oxygen atoms in total. The third kappa shape index (κ3) is 2.50. The van der Waals surface area contributed by atoms with Crippen LogP contribution in [-0.2, 0) is 9.63 Å². The molecule has 1 N–H and O–H groups in total. The molecule has 1 saturated carbocycles. The van der Waals surface area contributed by atoms with Crippen molar-refractivity contribution < 1.29 is 19.2 Å². The Hall–Kier alpha value is -2.70. The van der Waals surface area contributed by atoms with Crippen LogP contribution >= 0.6 is 0 Å². The van der Waals surface area contributed by atoms with E-state index >= 15 is 0 Å². The number of Topliss-reactive ketones (excluding diaryl/α,β-unsaturated/α-hetero) is 1. The number of amides is 3. The van der Waals surface area contributed by atoms with Crippen molar-refractivity contribution >= 4 is 23.4 Å². The van der Waals surface area contributed by atoms with Crippen LogP contribution in [0.2, 0.25) is 0 Å². The molecular weight excluding hydrogens is 334 g/mol. The molecule has 1 saturated heterocycles. The molecule has 0 bridgehead atoms. The second-order valence-corrected chi connectivity index (χ2v) is 7.36. The van der Waals surface area contributed by atoms with Crippen LogP contribution in [0, 0.1) is 0 Å². The predicted octanol–water partition coefficient (Wildman–Crippen LogP) is 2.27. The average Bonchev–Trinajstić information content (AvgIpc) is 3.15. The highest BCUT2D eigenvalue weighted by molar-refractivity contribution is 6.46. The molecule has 26 heavy (non-hydrogen) atoms. The van der Waals surface area contributed by atoms with Gasteiger partial charge >= 0.3 is 6.03 Å². The largest absolute Gasteiger partial charge is 0.388 e. The molecule has 136 valence electrons. The Kier molecular flexibility index (Phi) is 3.82. The van der Waals surface area contributed by atoms with Crippen LogP contribution in [0.3, 0.4) is 0 Å². The average molecular weight is 355 g/mol. The second-order valence-electron chi connectivity index (χ2n) is 7.36. The normalized spacial score (nSPS) is 29.6. The summed E-state index contributed by atoms with van der Waals surface area (Å²) in [6, 6.07) is 8.59. The fraction of sp³-hybridized carbons (Fsp3) is 0.474. The van der Waals surface area contributed by atoms with E-state index in [4.69, 9.17) is 4.84 Å². The predicted molar refractivity (Wildman–Crippen MR) is 93.8 cm³/mol. The van der Waals surface area contributed by atoms with Crippen LogP contribution in [0.4, 0.5) is 4.79 Å². The molecule has 1 aromatic rings. The lowest BCUT2D eigenvalue weighted by Crippen LogP contribution is -2.65. The van der Waals surface area contributed by atoms with E-state index in [1.807, 2.05) is 13.0 Å². The summed E-state index contributed by atoms with van der Waals surface area (Å²) in [4.78, 5) is 44.2. The number of ketones is 1. The van der Waals surface area contributed by atoms with Gasteiger partial charge in [-0.2, -0.15) is 0 Å². The zero-order chi connectivity index (χ0) is 18.4. The van der Waals surface area contributed by atoms with Crippen molar-refractivity contribution in [3.8, 4) is 0 Å². The molecule has 2 heterocycles. The highest BCUT2D eigenvalue weighted by atomic mass is 16.7. The number of hydrogen-bond donors (Lipinski definition) is 1. The van der Waals surface area contributed by atoms with Crippen molar-refractivity contribution in [2.24, 2.45) is 5.16 Å². The summed E-state index contributed by atoms with van der Waals surface area (Å²) in [6.45, 7) is 2.45. The lowest BCUT2D eigenvalue weighted by Gasteiger charge is -2.48. The molecule has 4 rings (SSSR count). The van der Waals surface area contributed by atoms with Crippen molar-refractivity contribution in [2.45, 2.75) is 50.2 Å². The molecular formula is C19H21N3O4. The number of unbranched alkanes of at least 4 members (excludes halogenated alkanes) is 1. The maximum absolute atomic E-state index is 12.7. The minimum Gasteiger partial charge on any atom is -0.388 e. The minimum atomic E-state index is -0.897. The second kappa shape index (κ2) is 5.93. The van der Waals surface area contributed by atoms with Crippen molar-refractivity contribution in [3.63, 3.8) is 0 Å². The van der Waals surface area contributed by atoms with E-state index < -0.39 is 11.1 Å². The monoisotopic (exact) mass is 355 g/mol. The molecule has 7 heteroatoms. The van der Waals surface area contributed by atoms with Gasteiger partial charge in [0.25, 0.3) is 5.91 Å². The van der Waals surface area contributed by atoms with Gasteiger partial charge in [-0.1, -0.05) is 48.8 Å². The molecule has 1 aromatic carbocycles. The number of benzene rings is 1. The van der Waals surface area contributed by atoms with Gasteiger partial charge in [0.2, 0.25) is 5.78 Å². The van der Waals surface area contributed by atoms with E-state index in [1.165, 1.54) is 4.90 Å². The van der Waals surface area contributed by atoms with Crippen LogP contribution in [-0.4, -0.2) is 46.0 Å². The highest BCUT2D eigenvalue weighted by Gasteiger charge is 2.68. The molecule has 3 aliphatic rings. The van der Waals surface area contributed by atoms with Crippen molar-refractivity contribution in [1.82, 2.24) is 10.2 Å². The van der Waals surface area contributed by atoms with E-state index in [9.17, 15) is 14.4 Å². The number of hydrogen-bond acceptors (Lipinski definition) is 5. The topological polar surface area (TPSA) is 88.1 Å². The quantitative estimate of drug-likeness (QED) is 0.648. The van der Waals surface area contributed by atoms with Crippen LogP contribution in [0.15, 0.2) is 35.5 Å². The van der Waals surface area contributed by atoms with Crippen LogP contribution in [0.25, 0.3) is 0 Å². The Labute approximate surface area is 151 Å². The van der Waals surface area contributed by atoms with Crippen LogP contribution < -0.4 is 5.32 Å². The van der Waals surface area contributed by atoms with Crippen molar-refractivity contribution in [1.29, 1.82) is 0 Å². The molecule has 3 amide bonds. The zero-order valence-corrected chi connectivity index (χ0v) is 14.7. The molecule has 2 spiro atoms. The molecule has 0 radical (unpaired) electrons. The van der Waals surface area contributed by atoms with Crippen molar-refractivity contribution in [2.75, 3.05) is 6.54 Å². The zero-order valence-electron chi connectivity index (χ0n) is 14.7. The number of urea groups is 1. The smallest absolute Gasteiger partial charge is 0.325 e. The number of carbonyl (C=O) groups is 3. The van der Waals surface area contributed by atoms with E-state index in [0.29, 0.717) is 37.1 Å². The van der Waals surface area contributed by atoms with Crippen LogP contribution in [0.1, 0.15) is 49.4 Å². The molecule has 2 fully saturated rings. The molecule has 0 atom stereocenters. The standard InChI is InChI=1S/C19H21N3O4/c1-2-3-9-22-16(24)19(20-17(22)25)11-18(12-19)10-14(21-26-18)15(23)13-7-5-4-6-8-13/h4-8H,2-3,9-12H2,1H3,(H,20,25). The number of oxime groups is 1. The van der Waals surface area contributed by atoms with Gasteiger partial charge in [0.15, 0.2) is 0 Å². The maximum atomic E-state index is 12.7. The summed E-state index contributed by atoms with van der Waals surface area (Å²) in [6.07, 6.45) is 2.76. The fourth-order valence-corrected chi connectivity index (χ4v) is 4.07. The van der Waals surface area contributed by atoms with E-state index in [-0.39, 0.29) is 17.7 Å². The van der Waals surface area contributed by atoms with Gasteiger partial charge in [-0.15, -0.1) is 0 Å². The first-order valence-corrected chi connectivity index (χ1v) is 8.98.